The minimum Gasteiger partial charge on any atom is -0.493 e. The third-order valence-corrected chi connectivity index (χ3v) is 4.22. The summed E-state index contributed by atoms with van der Waals surface area (Å²) in [6.45, 7) is 2.96. The minimum absolute atomic E-state index is 0.746. The second-order valence-electron chi connectivity index (χ2n) is 6.19. The zero-order valence-electron chi connectivity index (χ0n) is 14.7. The highest BCUT2D eigenvalue weighted by Gasteiger charge is 2.10. The first-order valence-corrected chi connectivity index (χ1v) is 8.91. The first kappa shape index (κ1) is 17.1. The Hall–Kier alpha value is -2.75. The first-order chi connectivity index (χ1) is 12.3. The summed E-state index contributed by atoms with van der Waals surface area (Å²) in [6, 6.07) is 17.9. The van der Waals surface area contributed by atoms with E-state index in [0.717, 1.165) is 47.0 Å². The van der Waals surface area contributed by atoms with Gasteiger partial charge in [-0.3, -0.25) is 5.10 Å². The highest BCUT2D eigenvalue weighted by atomic mass is 16.5. The standard InChI is InChI=1S/C21H25N3O/c1-2-3-4-7-14-25-21-9-6-5-8-18(21)20-15-19(23-24-20)16-10-12-17(22)13-11-16/h5-6,8-13,15H,2-4,7,14,22H2,1H3,(H,23,24). The van der Waals surface area contributed by atoms with E-state index in [1.807, 2.05) is 48.5 Å². The molecule has 1 heterocycles. The number of unbranched alkanes of at least 4 members (excludes halogenated alkanes) is 3. The van der Waals surface area contributed by atoms with Gasteiger partial charge < -0.3 is 10.5 Å². The zero-order chi connectivity index (χ0) is 17.5. The van der Waals surface area contributed by atoms with E-state index in [9.17, 15) is 0 Å². The summed E-state index contributed by atoms with van der Waals surface area (Å²) >= 11 is 0. The van der Waals surface area contributed by atoms with Gasteiger partial charge in [0, 0.05) is 16.8 Å². The maximum absolute atomic E-state index is 6.00. The van der Waals surface area contributed by atoms with Crippen LogP contribution in [0, 0.1) is 0 Å². The Labute approximate surface area is 149 Å². The van der Waals surface area contributed by atoms with E-state index in [1.165, 1.54) is 19.3 Å². The monoisotopic (exact) mass is 335 g/mol. The molecule has 0 aliphatic carbocycles. The van der Waals surface area contributed by atoms with Crippen molar-refractivity contribution in [2.75, 3.05) is 12.3 Å². The molecule has 3 N–H and O–H groups in total. The molecule has 0 bridgehead atoms. The summed E-state index contributed by atoms with van der Waals surface area (Å²) in [7, 11) is 0. The number of nitrogens with one attached hydrogen (secondary N) is 1. The number of ether oxygens (including phenoxy) is 1. The van der Waals surface area contributed by atoms with Crippen LogP contribution in [0.5, 0.6) is 5.75 Å². The topological polar surface area (TPSA) is 63.9 Å². The molecule has 0 fully saturated rings. The third kappa shape index (κ3) is 4.41. The largest absolute Gasteiger partial charge is 0.493 e. The van der Waals surface area contributed by atoms with Crippen LogP contribution in [0.2, 0.25) is 0 Å². The first-order valence-electron chi connectivity index (χ1n) is 8.91. The smallest absolute Gasteiger partial charge is 0.128 e. The van der Waals surface area contributed by atoms with Crippen molar-refractivity contribution < 1.29 is 4.74 Å². The summed E-state index contributed by atoms with van der Waals surface area (Å²) in [5.41, 5.74) is 10.4. The predicted molar refractivity (Wildman–Crippen MR) is 104 cm³/mol. The Morgan fingerprint density at radius 2 is 1.80 bits per heavy atom. The molecule has 3 aromatic rings. The Morgan fingerprint density at radius 1 is 1.00 bits per heavy atom. The van der Waals surface area contributed by atoms with E-state index in [0.29, 0.717) is 0 Å². The summed E-state index contributed by atoms with van der Waals surface area (Å²) in [5.74, 6) is 0.895. The molecule has 0 radical (unpaired) electrons. The van der Waals surface area contributed by atoms with Crippen molar-refractivity contribution in [2.24, 2.45) is 0 Å². The van der Waals surface area contributed by atoms with Crippen LogP contribution in [-0.2, 0) is 0 Å². The van der Waals surface area contributed by atoms with Gasteiger partial charge in [0.05, 0.1) is 18.0 Å². The molecule has 0 aliphatic rings. The van der Waals surface area contributed by atoms with E-state index in [1.54, 1.807) is 0 Å². The number of nitrogen functional groups attached to an aromatic ring is 1. The Balaban J connectivity index is 1.75. The van der Waals surface area contributed by atoms with Gasteiger partial charge >= 0.3 is 0 Å². The molecule has 0 saturated carbocycles. The quantitative estimate of drug-likeness (QED) is 0.434. The van der Waals surface area contributed by atoms with Crippen molar-refractivity contribution in [3.05, 3.63) is 54.6 Å². The van der Waals surface area contributed by atoms with Gasteiger partial charge in [0.15, 0.2) is 0 Å². The number of H-pyrrole nitrogens is 1. The summed E-state index contributed by atoms with van der Waals surface area (Å²) in [6.07, 6.45) is 4.79. The number of para-hydroxylation sites is 1. The third-order valence-electron chi connectivity index (χ3n) is 4.22. The molecule has 0 aliphatic heterocycles. The van der Waals surface area contributed by atoms with Crippen molar-refractivity contribution in [1.82, 2.24) is 10.2 Å². The molecule has 1 aromatic heterocycles. The van der Waals surface area contributed by atoms with E-state index in [-0.39, 0.29) is 0 Å². The fourth-order valence-corrected chi connectivity index (χ4v) is 2.79. The van der Waals surface area contributed by atoms with Gasteiger partial charge in [-0.15, -0.1) is 0 Å². The normalized spacial score (nSPS) is 10.8. The van der Waals surface area contributed by atoms with Gasteiger partial charge in [-0.2, -0.15) is 5.10 Å². The van der Waals surface area contributed by atoms with Crippen LogP contribution in [-0.4, -0.2) is 16.8 Å². The Bertz CT molecular complexity index is 793. The molecular formula is C21H25N3O. The van der Waals surface area contributed by atoms with Crippen molar-refractivity contribution in [2.45, 2.75) is 32.6 Å². The SMILES string of the molecule is CCCCCCOc1ccccc1-c1cc(-c2ccc(N)cc2)n[nH]1. The van der Waals surface area contributed by atoms with Gasteiger partial charge in [0.25, 0.3) is 0 Å². The highest BCUT2D eigenvalue weighted by Crippen LogP contribution is 2.31. The molecule has 0 saturated heterocycles. The molecule has 0 unspecified atom stereocenters. The summed E-state index contributed by atoms with van der Waals surface area (Å²) in [5, 5.41) is 7.56. The average Bonchev–Trinajstić information content (AvgIpc) is 3.12. The van der Waals surface area contributed by atoms with E-state index in [4.69, 9.17) is 10.5 Å². The van der Waals surface area contributed by atoms with E-state index < -0.39 is 0 Å². The number of benzene rings is 2. The minimum atomic E-state index is 0.746. The molecule has 0 amide bonds. The Morgan fingerprint density at radius 3 is 2.60 bits per heavy atom. The van der Waals surface area contributed by atoms with E-state index in [2.05, 4.69) is 23.2 Å². The van der Waals surface area contributed by atoms with E-state index >= 15 is 0 Å². The maximum atomic E-state index is 6.00. The fraction of sp³-hybridized carbons (Fsp3) is 0.286. The van der Waals surface area contributed by atoms with Crippen LogP contribution in [0.3, 0.4) is 0 Å². The average molecular weight is 335 g/mol. The number of aromatic amines is 1. The van der Waals surface area contributed by atoms with Gasteiger partial charge in [0.1, 0.15) is 5.75 Å². The molecule has 25 heavy (non-hydrogen) atoms. The number of nitrogens with two attached hydrogens (primary N) is 1. The van der Waals surface area contributed by atoms with Crippen molar-refractivity contribution in [1.29, 1.82) is 0 Å². The van der Waals surface area contributed by atoms with Gasteiger partial charge in [0.2, 0.25) is 0 Å². The molecule has 0 spiro atoms. The second-order valence-corrected chi connectivity index (χ2v) is 6.19. The van der Waals surface area contributed by atoms with Crippen LogP contribution in [0.1, 0.15) is 32.6 Å². The number of anilines is 1. The number of hydrogen-bond acceptors (Lipinski definition) is 3. The van der Waals surface area contributed by atoms with Crippen LogP contribution in [0.15, 0.2) is 54.6 Å². The van der Waals surface area contributed by atoms with Crippen LogP contribution < -0.4 is 10.5 Å². The second kappa shape index (κ2) is 8.38. The lowest BCUT2D eigenvalue weighted by molar-refractivity contribution is 0.306. The molecule has 0 atom stereocenters. The van der Waals surface area contributed by atoms with Crippen molar-refractivity contribution in [3.8, 4) is 28.3 Å². The lowest BCUT2D eigenvalue weighted by atomic mass is 10.1. The number of hydrogen-bond donors (Lipinski definition) is 2. The molecule has 2 aromatic carbocycles. The summed E-state index contributed by atoms with van der Waals surface area (Å²) in [4.78, 5) is 0. The Kier molecular flexibility index (Phi) is 5.73. The summed E-state index contributed by atoms with van der Waals surface area (Å²) < 4.78 is 6.00. The van der Waals surface area contributed by atoms with Crippen molar-refractivity contribution >= 4 is 5.69 Å². The van der Waals surface area contributed by atoms with Crippen LogP contribution in [0.4, 0.5) is 5.69 Å². The fourth-order valence-electron chi connectivity index (χ4n) is 2.79. The molecule has 4 heteroatoms. The van der Waals surface area contributed by atoms with Crippen LogP contribution >= 0.6 is 0 Å². The zero-order valence-corrected chi connectivity index (χ0v) is 14.7. The number of rotatable bonds is 8. The molecule has 4 nitrogen and oxygen atoms in total. The van der Waals surface area contributed by atoms with Gasteiger partial charge in [-0.05, 0) is 36.8 Å². The predicted octanol–water partition coefficient (Wildman–Crippen LogP) is 5.29. The van der Waals surface area contributed by atoms with Gasteiger partial charge in [-0.25, -0.2) is 0 Å². The van der Waals surface area contributed by atoms with Gasteiger partial charge in [-0.1, -0.05) is 50.5 Å². The maximum Gasteiger partial charge on any atom is 0.128 e. The lowest BCUT2D eigenvalue weighted by Crippen LogP contribution is -1.98. The lowest BCUT2D eigenvalue weighted by Gasteiger charge is -2.10. The van der Waals surface area contributed by atoms with Crippen LogP contribution in [0.25, 0.3) is 22.5 Å². The molecule has 3 rings (SSSR count). The van der Waals surface area contributed by atoms with Crippen molar-refractivity contribution in [3.63, 3.8) is 0 Å². The number of nitrogens with zero attached hydrogens (tertiary/aromatic N) is 1. The molecule has 130 valence electrons. The highest BCUT2D eigenvalue weighted by molar-refractivity contribution is 5.72. The number of aromatic nitrogens is 2. The molecular weight excluding hydrogens is 310 g/mol.